The molecule has 20 heavy (non-hydrogen) atoms. The molecular formula is C13H17BrFNO3S. The van der Waals surface area contributed by atoms with Gasteiger partial charge in [0.15, 0.2) is 0 Å². The smallest absolute Gasteiger partial charge is 0.209 e. The fraction of sp³-hybridized carbons (Fsp3) is 0.538. The number of ether oxygens (including phenoxy) is 1. The van der Waals surface area contributed by atoms with E-state index in [0.29, 0.717) is 10.2 Å². The number of hydrogen-bond acceptors (Lipinski definition) is 3. The van der Waals surface area contributed by atoms with Crippen molar-refractivity contribution in [2.75, 3.05) is 12.4 Å². The molecule has 0 amide bonds. The highest BCUT2D eigenvalue weighted by atomic mass is 79.9. The second-order valence-corrected chi connectivity index (χ2v) is 7.85. The molecule has 0 aromatic heterocycles. The number of halogens is 2. The first-order valence-electron chi connectivity index (χ1n) is 6.38. The Morgan fingerprint density at radius 1 is 1.35 bits per heavy atom. The predicted molar refractivity (Wildman–Crippen MR) is 78.5 cm³/mol. The van der Waals surface area contributed by atoms with Crippen LogP contribution in [0, 0.1) is 11.2 Å². The standard InChI is InChI=1S/C13H17BrFNO3S/c14-11-7-10(15)3-4-12(11)19-8-13(5-1-2-6-13)9-20(16,17)18/h3-4,7H,1-2,5-6,8-9H2,(H2,16,17,18). The molecule has 7 heteroatoms. The molecule has 1 aromatic rings. The van der Waals surface area contributed by atoms with E-state index in [1.165, 1.54) is 18.2 Å². The van der Waals surface area contributed by atoms with Crippen molar-refractivity contribution in [1.82, 2.24) is 0 Å². The number of hydrogen-bond donors (Lipinski definition) is 1. The molecule has 1 aliphatic rings. The quantitative estimate of drug-likeness (QED) is 0.871. The van der Waals surface area contributed by atoms with Crippen molar-refractivity contribution in [3.63, 3.8) is 0 Å². The van der Waals surface area contributed by atoms with Crippen LogP contribution in [0.3, 0.4) is 0 Å². The Kier molecular flexibility index (Phi) is 4.71. The summed E-state index contributed by atoms with van der Waals surface area (Å²) >= 11 is 3.23. The molecule has 0 spiro atoms. The van der Waals surface area contributed by atoms with Crippen molar-refractivity contribution in [2.45, 2.75) is 25.7 Å². The predicted octanol–water partition coefficient (Wildman–Crippen LogP) is 2.82. The zero-order chi connectivity index (χ0) is 14.8. The van der Waals surface area contributed by atoms with Gasteiger partial charge < -0.3 is 4.74 Å². The molecule has 1 aliphatic carbocycles. The average molecular weight is 366 g/mol. The fourth-order valence-corrected chi connectivity index (χ4v) is 4.40. The Labute approximate surface area is 126 Å². The molecule has 2 rings (SSSR count). The molecule has 1 saturated carbocycles. The number of rotatable bonds is 5. The minimum atomic E-state index is -3.54. The Balaban J connectivity index is 2.09. The van der Waals surface area contributed by atoms with Crippen molar-refractivity contribution in [3.8, 4) is 5.75 Å². The van der Waals surface area contributed by atoms with Crippen LogP contribution >= 0.6 is 15.9 Å². The summed E-state index contributed by atoms with van der Waals surface area (Å²) in [5.41, 5.74) is -0.429. The van der Waals surface area contributed by atoms with Crippen LogP contribution in [-0.4, -0.2) is 20.8 Å². The lowest BCUT2D eigenvalue weighted by molar-refractivity contribution is 0.169. The van der Waals surface area contributed by atoms with Crippen molar-refractivity contribution in [3.05, 3.63) is 28.5 Å². The third-order valence-electron chi connectivity index (χ3n) is 3.60. The number of nitrogens with two attached hydrogens (primary N) is 1. The highest BCUT2D eigenvalue weighted by molar-refractivity contribution is 9.10. The monoisotopic (exact) mass is 365 g/mol. The molecule has 0 atom stereocenters. The molecule has 2 N–H and O–H groups in total. The van der Waals surface area contributed by atoms with Gasteiger partial charge in [0.1, 0.15) is 11.6 Å². The molecular weight excluding hydrogens is 349 g/mol. The van der Waals surface area contributed by atoms with Gasteiger partial charge in [-0.05, 0) is 47.0 Å². The van der Waals surface area contributed by atoms with E-state index in [4.69, 9.17) is 9.88 Å². The number of primary sulfonamides is 1. The van der Waals surface area contributed by atoms with E-state index < -0.39 is 15.4 Å². The molecule has 1 aromatic carbocycles. The largest absolute Gasteiger partial charge is 0.492 e. The zero-order valence-electron chi connectivity index (χ0n) is 10.9. The Hall–Kier alpha value is -0.660. The lowest BCUT2D eigenvalue weighted by Crippen LogP contribution is -2.36. The molecule has 1 fully saturated rings. The van der Waals surface area contributed by atoms with Gasteiger partial charge in [0, 0.05) is 5.41 Å². The highest BCUT2D eigenvalue weighted by Gasteiger charge is 2.38. The van der Waals surface area contributed by atoms with E-state index in [1.807, 2.05) is 0 Å². The lowest BCUT2D eigenvalue weighted by Gasteiger charge is -2.27. The van der Waals surface area contributed by atoms with Crippen LogP contribution in [0.25, 0.3) is 0 Å². The van der Waals surface area contributed by atoms with E-state index in [-0.39, 0.29) is 18.2 Å². The lowest BCUT2D eigenvalue weighted by atomic mass is 9.90. The van der Waals surface area contributed by atoms with E-state index in [2.05, 4.69) is 15.9 Å². The first-order valence-corrected chi connectivity index (χ1v) is 8.89. The summed E-state index contributed by atoms with van der Waals surface area (Å²) in [6, 6.07) is 4.15. The van der Waals surface area contributed by atoms with Crippen molar-refractivity contribution in [2.24, 2.45) is 10.6 Å². The van der Waals surface area contributed by atoms with Gasteiger partial charge in [-0.3, -0.25) is 0 Å². The normalized spacial score (nSPS) is 18.1. The minimum Gasteiger partial charge on any atom is -0.492 e. The van der Waals surface area contributed by atoms with Gasteiger partial charge >= 0.3 is 0 Å². The summed E-state index contributed by atoms with van der Waals surface area (Å²) in [6.07, 6.45) is 3.51. The van der Waals surface area contributed by atoms with Gasteiger partial charge in [-0.2, -0.15) is 0 Å². The maximum atomic E-state index is 13.0. The Morgan fingerprint density at radius 2 is 2.00 bits per heavy atom. The van der Waals surface area contributed by atoms with Crippen LogP contribution < -0.4 is 9.88 Å². The number of sulfonamides is 1. The van der Waals surface area contributed by atoms with Gasteiger partial charge in [-0.25, -0.2) is 17.9 Å². The molecule has 0 unspecified atom stereocenters. The van der Waals surface area contributed by atoms with E-state index in [0.717, 1.165) is 25.7 Å². The third kappa shape index (κ3) is 4.17. The molecule has 0 aliphatic heterocycles. The first-order chi connectivity index (χ1) is 9.30. The minimum absolute atomic E-state index is 0.0706. The van der Waals surface area contributed by atoms with E-state index in [9.17, 15) is 12.8 Å². The second-order valence-electron chi connectivity index (χ2n) is 5.38. The summed E-state index contributed by atoms with van der Waals surface area (Å²) in [5, 5.41) is 5.18. The molecule has 112 valence electrons. The van der Waals surface area contributed by atoms with Crippen LogP contribution in [0.5, 0.6) is 5.75 Å². The van der Waals surface area contributed by atoms with Crippen molar-refractivity contribution >= 4 is 26.0 Å². The second kappa shape index (κ2) is 5.99. The summed E-state index contributed by atoms with van der Waals surface area (Å²) in [6.45, 7) is 0.271. The van der Waals surface area contributed by atoms with Crippen molar-refractivity contribution < 1.29 is 17.5 Å². The van der Waals surface area contributed by atoms with E-state index in [1.54, 1.807) is 0 Å². The number of benzene rings is 1. The van der Waals surface area contributed by atoms with Crippen molar-refractivity contribution in [1.29, 1.82) is 0 Å². The molecule has 4 nitrogen and oxygen atoms in total. The van der Waals surface area contributed by atoms with E-state index >= 15 is 0 Å². The van der Waals surface area contributed by atoms with Crippen LogP contribution in [0.4, 0.5) is 4.39 Å². The van der Waals surface area contributed by atoms with Crippen LogP contribution in [0.15, 0.2) is 22.7 Å². The summed E-state index contributed by atoms with van der Waals surface area (Å²) in [4.78, 5) is 0. The highest BCUT2D eigenvalue weighted by Crippen LogP contribution is 2.40. The maximum absolute atomic E-state index is 13.0. The summed E-state index contributed by atoms with van der Waals surface area (Å²) in [5.74, 6) is 0.0789. The van der Waals surface area contributed by atoms with Gasteiger partial charge in [-0.1, -0.05) is 12.8 Å². The SMILES string of the molecule is NS(=O)(=O)CC1(COc2ccc(F)cc2Br)CCCC1. The zero-order valence-corrected chi connectivity index (χ0v) is 13.3. The topological polar surface area (TPSA) is 69.4 Å². The third-order valence-corrected chi connectivity index (χ3v) is 5.23. The van der Waals surface area contributed by atoms with Crippen LogP contribution in [0.2, 0.25) is 0 Å². The average Bonchev–Trinajstić information content (AvgIpc) is 2.74. The first kappa shape index (κ1) is 15.7. The molecule has 0 saturated heterocycles. The van der Waals surface area contributed by atoms with Crippen LogP contribution in [-0.2, 0) is 10.0 Å². The molecule has 0 bridgehead atoms. The Morgan fingerprint density at radius 3 is 2.55 bits per heavy atom. The van der Waals surface area contributed by atoms with Gasteiger partial charge in [-0.15, -0.1) is 0 Å². The van der Waals surface area contributed by atoms with Gasteiger partial charge in [0.2, 0.25) is 10.0 Å². The fourth-order valence-electron chi connectivity index (χ4n) is 2.71. The summed E-state index contributed by atoms with van der Waals surface area (Å²) in [7, 11) is -3.54. The molecule has 0 radical (unpaired) electrons. The van der Waals surface area contributed by atoms with Gasteiger partial charge in [0.25, 0.3) is 0 Å². The molecule has 0 heterocycles. The summed E-state index contributed by atoms with van der Waals surface area (Å²) < 4.78 is 42.0. The Bertz CT molecular complexity index is 585. The van der Waals surface area contributed by atoms with Gasteiger partial charge in [0.05, 0.1) is 16.8 Å². The maximum Gasteiger partial charge on any atom is 0.209 e. The van der Waals surface area contributed by atoms with Crippen LogP contribution in [0.1, 0.15) is 25.7 Å².